The molecule has 0 aromatic heterocycles. The van der Waals surface area contributed by atoms with Gasteiger partial charge in [-0.3, -0.25) is 9.59 Å². The number of aliphatic hydroxyl groups is 2. The van der Waals surface area contributed by atoms with Gasteiger partial charge in [0.25, 0.3) is 5.91 Å². The van der Waals surface area contributed by atoms with Crippen molar-refractivity contribution in [3.05, 3.63) is 29.3 Å². The summed E-state index contributed by atoms with van der Waals surface area (Å²) in [6.45, 7) is 0.949. The molecule has 1 atom stereocenters. The van der Waals surface area contributed by atoms with Crippen LogP contribution < -0.4 is 10.6 Å². The molecule has 1 unspecified atom stereocenters. The summed E-state index contributed by atoms with van der Waals surface area (Å²) in [5.41, 5.74) is 0.587. The largest absolute Gasteiger partial charge is 0.393 e. The molecule has 0 bridgehead atoms. The van der Waals surface area contributed by atoms with Gasteiger partial charge in [0, 0.05) is 17.8 Å². The lowest BCUT2D eigenvalue weighted by molar-refractivity contribution is -0.115. The van der Waals surface area contributed by atoms with Gasteiger partial charge in [0.15, 0.2) is 0 Å². The van der Waals surface area contributed by atoms with Gasteiger partial charge in [-0.2, -0.15) is 0 Å². The van der Waals surface area contributed by atoms with E-state index in [4.69, 9.17) is 5.11 Å². The van der Waals surface area contributed by atoms with E-state index in [0.717, 1.165) is 11.3 Å². The van der Waals surface area contributed by atoms with Crippen molar-refractivity contribution in [1.82, 2.24) is 5.32 Å². The molecule has 2 amide bonds. The molecule has 0 fully saturated rings. The van der Waals surface area contributed by atoms with Crippen molar-refractivity contribution in [1.29, 1.82) is 0 Å². The summed E-state index contributed by atoms with van der Waals surface area (Å²) in [6, 6.07) is 4.93. The van der Waals surface area contributed by atoms with Gasteiger partial charge >= 0.3 is 0 Å². The number of anilines is 1. The second-order valence-corrected chi connectivity index (χ2v) is 4.93. The minimum atomic E-state index is -1.34. The van der Waals surface area contributed by atoms with Gasteiger partial charge in [-0.1, -0.05) is 0 Å². The lowest BCUT2D eigenvalue weighted by Crippen LogP contribution is -2.43. The first-order chi connectivity index (χ1) is 8.91. The van der Waals surface area contributed by atoms with Crippen LogP contribution in [-0.2, 0) is 11.2 Å². The molecular weight excluding hydrogens is 248 g/mol. The first kappa shape index (κ1) is 13.5. The molecule has 1 aromatic carbocycles. The third-order valence-electron chi connectivity index (χ3n) is 2.96. The van der Waals surface area contributed by atoms with E-state index in [1.54, 1.807) is 18.2 Å². The Bertz CT molecular complexity index is 525. The van der Waals surface area contributed by atoms with Crippen LogP contribution in [0.4, 0.5) is 5.69 Å². The number of hydrogen-bond acceptors (Lipinski definition) is 4. The fraction of sp³-hybridized carbons (Fsp3) is 0.385. The lowest BCUT2D eigenvalue weighted by Gasteiger charge is -2.20. The van der Waals surface area contributed by atoms with Crippen molar-refractivity contribution in [2.45, 2.75) is 18.9 Å². The number of benzene rings is 1. The van der Waals surface area contributed by atoms with E-state index < -0.39 is 12.2 Å². The van der Waals surface area contributed by atoms with Crippen molar-refractivity contribution in [2.24, 2.45) is 0 Å². The summed E-state index contributed by atoms with van der Waals surface area (Å²) in [6.07, 6.45) is 0.269. The van der Waals surface area contributed by atoms with Gasteiger partial charge in [0.1, 0.15) is 5.60 Å². The highest BCUT2D eigenvalue weighted by molar-refractivity contribution is 6.01. The number of carbonyl (C=O) groups is 2. The molecule has 1 aromatic rings. The Balaban J connectivity index is 2.05. The van der Waals surface area contributed by atoms with Crippen molar-refractivity contribution in [2.75, 3.05) is 18.5 Å². The Labute approximate surface area is 110 Å². The highest BCUT2D eigenvalue weighted by Gasteiger charge is 2.22. The molecule has 4 N–H and O–H groups in total. The van der Waals surface area contributed by atoms with Crippen LogP contribution in [-0.4, -0.2) is 40.8 Å². The topological polar surface area (TPSA) is 98.7 Å². The Morgan fingerprint density at radius 2 is 2.26 bits per heavy atom. The zero-order chi connectivity index (χ0) is 14.0. The second-order valence-electron chi connectivity index (χ2n) is 4.93. The fourth-order valence-corrected chi connectivity index (χ4v) is 1.80. The molecule has 0 spiro atoms. The molecule has 0 saturated heterocycles. The fourth-order valence-electron chi connectivity index (χ4n) is 1.80. The Morgan fingerprint density at radius 3 is 2.95 bits per heavy atom. The van der Waals surface area contributed by atoms with Crippen LogP contribution in [0.5, 0.6) is 0 Å². The smallest absolute Gasteiger partial charge is 0.251 e. The number of carbonyl (C=O) groups excluding carboxylic acids is 2. The predicted molar refractivity (Wildman–Crippen MR) is 68.8 cm³/mol. The van der Waals surface area contributed by atoms with Crippen LogP contribution in [0.1, 0.15) is 22.8 Å². The Kier molecular flexibility index (Phi) is 3.55. The summed E-state index contributed by atoms with van der Waals surface area (Å²) in [5, 5.41) is 23.7. The summed E-state index contributed by atoms with van der Waals surface area (Å²) >= 11 is 0. The highest BCUT2D eigenvalue weighted by atomic mass is 16.3. The maximum absolute atomic E-state index is 11.9. The number of rotatable bonds is 4. The standard InChI is InChI=1S/C13H16N2O4/c1-13(19,7-16)6-14-12(18)8-2-3-10-9(4-8)5-11(17)15-10/h2-4,16,19H,5-7H2,1H3,(H,14,18)(H,15,17). The number of amides is 2. The first-order valence-electron chi connectivity index (χ1n) is 5.95. The van der Waals surface area contributed by atoms with E-state index in [2.05, 4.69) is 10.6 Å². The molecule has 2 rings (SSSR count). The number of hydrogen-bond donors (Lipinski definition) is 4. The first-order valence-corrected chi connectivity index (χ1v) is 5.95. The molecule has 1 heterocycles. The summed E-state index contributed by atoms with van der Waals surface area (Å²) in [4.78, 5) is 23.1. The maximum atomic E-state index is 11.9. The van der Waals surface area contributed by atoms with E-state index in [-0.39, 0.29) is 24.8 Å². The summed E-state index contributed by atoms with van der Waals surface area (Å²) in [7, 11) is 0. The van der Waals surface area contributed by atoms with E-state index in [1.165, 1.54) is 6.92 Å². The quantitative estimate of drug-likeness (QED) is 0.597. The van der Waals surface area contributed by atoms with Crippen LogP contribution in [0.3, 0.4) is 0 Å². The maximum Gasteiger partial charge on any atom is 0.251 e. The second kappa shape index (κ2) is 4.99. The third kappa shape index (κ3) is 3.10. The minimum absolute atomic E-state index is 0.0450. The predicted octanol–water partition coefficient (Wildman–Crippen LogP) is -0.346. The van der Waals surface area contributed by atoms with Gasteiger partial charge in [-0.05, 0) is 30.7 Å². The van der Waals surface area contributed by atoms with Crippen LogP contribution in [0.15, 0.2) is 18.2 Å². The average Bonchev–Trinajstić information content (AvgIpc) is 2.75. The van der Waals surface area contributed by atoms with E-state index in [1.807, 2.05) is 0 Å². The highest BCUT2D eigenvalue weighted by Crippen LogP contribution is 2.23. The number of nitrogens with one attached hydrogen (secondary N) is 2. The van der Waals surface area contributed by atoms with E-state index in [9.17, 15) is 14.7 Å². The van der Waals surface area contributed by atoms with Gasteiger partial charge in [0.05, 0.1) is 13.0 Å². The zero-order valence-electron chi connectivity index (χ0n) is 10.6. The Hall–Kier alpha value is -1.92. The molecule has 0 aliphatic carbocycles. The lowest BCUT2D eigenvalue weighted by atomic mass is 10.1. The van der Waals surface area contributed by atoms with Gasteiger partial charge in [0.2, 0.25) is 5.91 Å². The van der Waals surface area contributed by atoms with Crippen LogP contribution in [0, 0.1) is 0 Å². The molecule has 19 heavy (non-hydrogen) atoms. The molecule has 0 radical (unpaired) electrons. The van der Waals surface area contributed by atoms with E-state index in [0.29, 0.717) is 5.56 Å². The van der Waals surface area contributed by atoms with Gasteiger partial charge in [-0.15, -0.1) is 0 Å². The van der Waals surface area contributed by atoms with Crippen LogP contribution in [0.25, 0.3) is 0 Å². The monoisotopic (exact) mass is 264 g/mol. The SMILES string of the molecule is CC(O)(CO)CNC(=O)c1ccc2c(c1)CC(=O)N2. The van der Waals surface area contributed by atoms with Crippen molar-refractivity contribution in [3.63, 3.8) is 0 Å². The van der Waals surface area contributed by atoms with E-state index >= 15 is 0 Å². The third-order valence-corrected chi connectivity index (χ3v) is 2.96. The van der Waals surface area contributed by atoms with Crippen molar-refractivity contribution < 1.29 is 19.8 Å². The van der Waals surface area contributed by atoms with Crippen LogP contribution in [0.2, 0.25) is 0 Å². The summed E-state index contributed by atoms with van der Waals surface area (Å²) in [5.74, 6) is -0.438. The average molecular weight is 264 g/mol. The molecule has 102 valence electrons. The molecule has 6 nitrogen and oxygen atoms in total. The van der Waals surface area contributed by atoms with Crippen molar-refractivity contribution >= 4 is 17.5 Å². The van der Waals surface area contributed by atoms with Gasteiger partial charge in [-0.25, -0.2) is 0 Å². The normalized spacial score (nSPS) is 16.5. The number of aliphatic hydroxyl groups excluding tert-OH is 1. The minimum Gasteiger partial charge on any atom is -0.393 e. The Morgan fingerprint density at radius 1 is 1.53 bits per heavy atom. The van der Waals surface area contributed by atoms with Crippen LogP contribution >= 0.6 is 0 Å². The van der Waals surface area contributed by atoms with Gasteiger partial charge < -0.3 is 20.8 Å². The summed E-state index contributed by atoms with van der Waals surface area (Å²) < 4.78 is 0. The molecule has 1 aliphatic heterocycles. The molecular formula is C13H16N2O4. The molecule has 1 aliphatic rings. The van der Waals surface area contributed by atoms with Crippen molar-refractivity contribution in [3.8, 4) is 0 Å². The molecule has 6 heteroatoms. The molecule has 0 saturated carbocycles. The zero-order valence-corrected chi connectivity index (χ0v) is 10.6. The number of fused-ring (bicyclic) bond motifs is 1.